The summed E-state index contributed by atoms with van der Waals surface area (Å²) in [5.41, 5.74) is 0.968. The lowest BCUT2D eigenvalue weighted by Gasteiger charge is -2.09. The molecule has 0 aliphatic heterocycles. The summed E-state index contributed by atoms with van der Waals surface area (Å²) >= 11 is 6.05. The molecular formula is C15H11ClN2O3. The lowest BCUT2D eigenvalue weighted by molar-refractivity contribution is -0.384. The third-order valence-corrected chi connectivity index (χ3v) is 3.53. The molecule has 1 heterocycles. The number of aryl methyl sites for hydroxylation is 1. The second-order valence-electron chi connectivity index (χ2n) is 4.59. The molecule has 0 fully saturated rings. The van der Waals surface area contributed by atoms with E-state index >= 15 is 0 Å². The number of non-ortho nitro benzene ring substituents is 1. The van der Waals surface area contributed by atoms with Gasteiger partial charge >= 0.3 is 0 Å². The molecule has 3 rings (SSSR count). The molecule has 0 aliphatic rings. The fourth-order valence-electron chi connectivity index (χ4n) is 2.17. The molecule has 3 aromatic rings. The van der Waals surface area contributed by atoms with Crippen LogP contribution in [0.5, 0.6) is 11.5 Å². The molecular weight excluding hydrogens is 292 g/mol. The van der Waals surface area contributed by atoms with Crippen molar-refractivity contribution in [3.8, 4) is 11.5 Å². The maximum absolute atomic E-state index is 10.7. The number of ether oxygens (including phenoxy) is 1. The average Bonchev–Trinajstić information content (AvgIpc) is 2.84. The minimum Gasteiger partial charge on any atom is -0.455 e. The van der Waals surface area contributed by atoms with E-state index in [0.717, 1.165) is 10.9 Å². The highest BCUT2D eigenvalue weighted by molar-refractivity contribution is 6.32. The van der Waals surface area contributed by atoms with E-state index in [1.165, 1.54) is 18.2 Å². The second-order valence-corrected chi connectivity index (χ2v) is 5.00. The summed E-state index contributed by atoms with van der Waals surface area (Å²) < 4.78 is 7.79. The highest BCUT2D eigenvalue weighted by atomic mass is 35.5. The smallest absolute Gasteiger partial charge is 0.271 e. The van der Waals surface area contributed by atoms with Gasteiger partial charge in [0.15, 0.2) is 0 Å². The Morgan fingerprint density at radius 1 is 1.19 bits per heavy atom. The van der Waals surface area contributed by atoms with E-state index in [1.54, 1.807) is 0 Å². The van der Waals surface area contributed by atoms with Crippen LogP contribution in [-0.2, 0) is 7.05 Å². The Labute approximate surface area is 125 Å². The van der Waals surface area contributed by atoms with E-state index in [4.69, 9.17) is 16.3 Å². The van der Waals surface area contributed by atoms with E-state index in [-0.39, 0.29) is 10.7 Å². The first-order valence-electron chi connectivity index (χ1n) is 6.22. The molecule has 0 bridgehead atoms. The Kier molecular flexibility index (Phi) is 3.27. The van der Waals surface area contributed by atoms with Gasteiger partial charge in [0.05, 0.1) is 15.5 Å². The fraction of sp³-hybridized carbons (Fsp3) is 0.0667. The van der Waals surface area contributed by atoms with Crippen LogP contribution in [0.15, 0.2) is 48.7 Å². The number of nitrogens with zero attached hydrogens (tertiary/aromatic N) is 2. The molecule has 0 spiro atoms. The first-order valence-corrected chi connectivity index (χ1v) is 6.60. The van der Waals surface area contributed by atoms with Crippen molar-refractivity contribution >= 4 is 28.2 Å². The van der Waals surface area contributed by atoms with Crippen LogP contribution < -0.4 is 4.74 Å². The van der Waals surface area contributed by atoms with Gasteiger partial charge in [-0.1, -0.05) is 17.7 Å². The van der Waals surface area contributed by atoms with Gasteiger partial charge in [0.25, 0.3) is 5.69 Å². The maximum Gasteiger partial charge on any atom is 0.271 e. The van der Waals surface area contributed by atoms with Crippen molar-refractivity contribution < 1.29 is 9.66 Å². The summed E-state index contributed by atoms with van der Waals surface area (Å²) in [5, 5.41) is 11.9. The molecule has 1 aromatic heterocycles. The van der Waals surface area contributed by atoms with Gasteiger partial charge in [0.1, 0.15) is 11.5 Å². The quantitative estimate of drug-likeness (QED) is 0.527. The summed E-state index contributed by atoms with van der Waals surface area (Å²) in [7, 11) is 1.95. The van der Waals surface area contributed by atoms with Crippen LogP contribution in [0, 0.1) is 10.1 Å². The molecule has 21 heavy (non-hydrogen) atoms. The van der Waals surface area contributed by atoms with Crippen LogP contribution in [-0.4, -0.2) is 9.49 Å². The summed E-state index contributed by atoms with van der Waals surface area (Å²) in [6.45, 7) is 0. The van der Waals surface area contributed by atoms with E-state index in [9.17, 15) is 10.1 Å². The number of nitro groups is 1. The number of fused-ring (bicyclic) bond motifs is 1. The zero-order valence-corrected chi connectivity index (χ0v) is 11.9. The molecule has 0 radical (unpaired) electrons. The van der Waals surface area contributed by atoms with Crippen LogP contribution in [0.1, 0.15) is 0 Å². The van der Waals surface area contributed by atoms with Gasteiger partial charge in [0.2, 0.25) is 0 Å². The normalized spacial score (nSPS) is 10.8. The van der Waals surface area contributed by atoms with Crippen molar-refractivity contribution in [3.63, 3.8) is 0 Å². The van der Waals surface area contributed by atoms with Crippen LogP contribution in [0.3, 0.4) is 0 Å². The van der Waals surface area contributed by atoms with Gasteiger partial charge < -0.3 is 9.30 Å². The van der Waals surface area contributed by atoms with Crippen LogP contribution in [0.2, 0.25) is 5.02 Å². The predicted octanol–water partition coefficient (Wildman–Crippen LogP) is 4.53. The lowest BCUT2D eigenvalue weighted by Crippen LogP contribution is -1.90. The zero-order chi connectivity index (χ0) is 15.0. The molecule has 0 amide bonds. The predicted molar refractivity (Wildman–Crippen MR) is 81.1 cm³/mol. The Morgan fingerprint density at radius 3 is 2.71 bits per heavy atom. The minimum atomic E-state index is -0.492. The van der Waals surface area contributed by atoms with Crippen molar-refractivity contribution in [1.82, 2.24) is 4.57 Å². The van der Waals surface area contributed by atoms with Crippen LogP contribution >= 0.6 is 11.6 Å². The van der Waals surface area contributed by atoms with Gasteiger partial charge in [-0.25, -0.2) is 0 Å². The number of aromatic nitrogens is 1. The van der Waals surface area contributed by atoms with E-state index in [2.05, 4.69) is 0 Å². The number of hydrogen-bond donors (Lipinski definition) is 0. The average molecular weight is 303 g/mol. The van der Waals surface area contributed by atoms with E-state index in [1.807, 2.05) is 42.1 Å². The molecule has 0 saturated carbocycles. The van der Waals surface area contributed by atoms with Crippen LogP contribution in [0.25, 0.3) is 10.9 Å². The number of hydrogen-bond acceptors (Lipinski definition) is 3. The number of benzene rings is 2. The summed E-state index contributed by atoms with van der Waals surface area (Å²) in [5.74, 6) is 1.04. The molecule has 0 aliphatic carbocycles. The Morgan fingerprint density at radius 2 is 2.00 bits per heavy atom. The Balaban J connectivity index is 2.01. The summed E-state index contributed by atoms with van der Waals surface area (Å²) in [6, 6.07) is 11.8. The number of nitro benzene ring substituents is 1. The third-order valence-electron chi connectivity index (χ3n) is 3.23. The van der Waals surface area contributed by atoms with Gasteiger partial charge in [-0.2, -0.15) is 0 Å². The van der Waals surface area contributed by atoms with Gasteiger partial charge in [-0.3, -0.25) is 10.1 Å². The van der Waals surface area contributed by atoms with Gasteiger partial charge in [0, 0.05) is 30.8 Å². The standard InChI is InChI=1S/C15H11ClN2O3/c1-17-8-7-11-13(17)3-2-4-14(11)21-15-6-5-10(18(19)20)9-12(15)16/h2-9H,1H3. The molecule has 106 valence electrons. The van der Waals surface area contributed by atoms with Crippen LogP contribution in [0.4, 0.5) is 5.69 Å². The first-order chi connectivity index (χ1) is 10.1. The molecule has 0 unspecified atom stereocenters. The minimum absolute atomic E-state index is 0.0646. The Hall–Kier alpha value is -2.53. The van der Waals surface area contributed by atoms with E-state index in [0.29, 0.717) is 11.5 Å². The van der Waals surface area contributed by atoms with Crippen molar-refractivity contribution in [2.24, 2.45) is 7.05 Å². The zero-order valence-electron chi connectivity index (χ0n) is 11.1. The van der Waals surface area contributed by atoms with Gasteiger partial charge in [-0.05, 0) is 24.3 Å². The molecule has 0 N–H and O–H groups in total. The Bertz CT molecular complexity index is 842. The van der Waals surface area contributed by atoms with Crippen molar-refractivity contribution in [2.75, 3.05) is 0 Å². The number of halogens is 1. The fourth-order valence-corrected chi connectivity index (χ4v) is 2.38. The third kappa shape index (κ3) is 2.43. The topological polar surface area (TPSA) is 57.3 Å². The second kappa shape index (κ2) is 5.10. The summed E-state index contributed by atoms with van der Waals surface area (Å²) in [6.07, 6.45) is 1.94. The molecule has 0 atom stereocenters. The maximum atomic E-state index is 10.7. The van der Waals surface area contributed by atoms with Crippen molar-refractivity contribution in [2.45, 2.75) is 0 Å². The molecule has 2 aromatic carbocycles. The SMILES string of the molecule is Cn1ccc2c(Oc3ccc([N+](=O)[O-])cc3Cl)cccc21. The van der Waals surface area contributed by atoms with Gasteiger partial charge in [-0.15, -0.1) is 0 Å². The van der Waals surface area contributed by atoms with Crippen molar-refractivity contribution in [3.05, 3.63) is 63.8 Å². The lowest BCUT2D eigenvalue weighted by atomic mass is 10.2. The highest BCUT2D eigenvalue weighted by Crippen LogP contribution is 2.35. The highest BCUT2D eigenvalue weighted by Gasteiger charge is 2.12. The van der Waals surface area contributed by atoms with Crippen molar-refractivity contribution in [1.29, 1.82) is 0 Å². The molecule has 5 nitrogen and oxygen atoms in total. The first kappa shape index (κ1) is 13.5. The summed E-state index contributed by atoms with van der Waals surface area (Å²) in [4.78, 5) is 10.2. The molecule has 0 saturated heterocycles. The monoisotopic (exact) mass is 302 g/mol. The number of rotatable bonds is 3. The van der Waals surface area contributed by atoms with E-state index < -0.39 is 4.92 Å². The molecule has 6 heteroatoms. The largest absolute Gasteiger partial charge is 0.455 e.